The number of nitrogens with zero attached hydrogens (tertiary/aromatic N) is 1. The molecular weight excluding hydrogens is 307 g/mol. The van der Waals surface area contributed by atoms with Crippen molar-refractivity contribution < 1.29 is 18.7 Å². The highest BCUT2D eigenvalue weighted by Crippen LogP contribution is 2.52. The van der Waals surface area contributed by atoms with Gasteiger partial charge in [0.25, 0.3) is 5.56 Å². The summed E-state index contributed by atoms with van der Waals surface area (Å²) >= 11 is 4.79. The standard InChI is InChI=1S/C10H13N2O6PS/c1-5-3-12(10(14)11-9(5)13)8-2-6-7(17-8)4-16-19(15,20)18-6/h3,6-8H,2,4H2,1H3,(H,15,20)(H,11,13,14). The first-order valence-electron chi connectivity index (χ1n) is 5.99. The maximum absolute atomic E-state index is 11.8. The first-order chi connectivity index (χ1) is 9.35. The van der Waals surface area contributed by atoms with Crippen molar-refractivity contribution in [3.05, 3.63) is 32.6 Å². The number of aryl methyl sites for hydroxylation is 1. The van der Waals surface area contributed by atoms with Gasteiger partial charge in [0.15, 0.2) is 0 Å². The molecule has 110 valence electrons. The molecule has 2 aliphatic heterocycles. The summed E-state index contributed by atoms with van der Waals surface area (Å²) in [6.07, 6.45) is 0.424. The lowest BCUT2D eigenvalue weighted by molar-refractivity contribution is -0.0599. The molecule has 0 bridgehead atoms. The molecule has 4 atom stereocenters. The Balaban J connectivity index is 1.88. The van der Waals surface area contributed by atoms with Gasteiger partial charge >= 0.3 is 12.4 Å². The minimum absolute atomic E-state index is 0.131. The van der Waals surface area contributed by atoms with Crippen molar-refractivity contribution in [2.75, 3.05) is 6.61 Å². The molecule has 0 aliphatic carbocycles. The van der Waals surface area contributed by atoms with Gasteiger partial charge in [-0.2, -0.15) is 0 Å². The van der Waals surface area contributed by atoms with Gasteiger partial charge in [0, 0.05) is 18.2 Å². The molecule has 2 fully saturated rings. The number of aromatic nitrogens is 2. The Bertz CT molecular complexity index is 700. The van der Waals surface area contributed by atoms with Gasteiger partial charge < -0.3 is 18.7 Å². The topological polar surface area (TPSA) is 103 Å². The summed E-state index contributed by atoms with van der Waals surface area (Å²) in [5, 5.41) is 0. The maximum atomic E-state index is 11.8. The summed E-state index contributed by atoms with van der Waals surface area (Å²) in [5.74, 6) is 0. The number of fused-ring (bicyclic) bond motifs is 1. The molecule has 0 radical (unpaired) electrons. The van der Waals surface area contributed by atoms with E-state index >= 15 is 0 Å². The van der Waals surface area contributed by atoms with Crippen molar-refractivity contribution in [1.29, 1.82) is 0 Å². The number of rotatable bonds is 1. The molecule has 3 heterocycles. The maximum Gasteiger partial charge on any atom is 0.330 e. The number of hydrogen-bond acceptors (Lipinski definition) is 6. The minimum Gasteiger partial charge on any atom is -0.349 e. The number of hydrogen-bond donors (Lipinski definition) is 2. The number of nitrogens with one attached hydrogen (secondary N) is 1. The molecular formula is C10H13N2O6PS. The lowest BCUT2D eigenvalue weighted by Gasteiger charge is -2.29. The summed E-state index contributed by atoms with van der Waals surface area (Å²) in [7, 11) is 0. The lowest BCUT2D eigenvalue weighted by Crippen LogP contribution is -2.34. The quantitative estimate of drug-likeness (QED) is 0.689. The van der Waals surface area contributed by atoms with Gasteiger partial charge in [0.05, 0.1) is 12.7 Å². The van der Waals surface area contributed by atoms with E-state index in [1.165, 1.54) is 10.8 Å². The van der Waals surface area contributed by atoms with Crippen molar-refractivity contribution in [2.24, 2.45) is 0 Å². The van der Waals surface area contributed by atoms with Gasteiger partial charge in [-0.05, 0) is 18.7 Å². The molecule has 3 rings (SSSR count). The van der Waals surface area contributed by atoms with Crippen molar-refractivity contribution in [1.82, 2.24) is 9.55 Å². The molecule has 1 aromatic rings. The molecule has 20 heavy (non-hydrogen) atoms. The molecule has 4 unspecified atom stereocenters. The van der Waals surface area contributed by atoms with E-state index in [9.17, 15) is 14.5 Å². The first-order valence-corrected chi connectivity index (χ1v) is 8.58. The van der Waals surface area contributed by atoms with Crippen LogP contribution in [0.25, 0.3) is 0 Å². The molecule has 2 N–H and O–H groups in total. The van der Waals surface area contributed by atoms with Gasteiger partial charge in [-0.1, -0.05) is 0 Å². The molecule has 0 spiro atoms. The highest BCUT2D eigenvalue weighted by molar-refractivity contribution is 8.07. The Morgan fingerprint density at radius 2 is 2.25 bits per heavy atom. The van der Waals surface area contributed by atoms with E-state index in [0.717, 1.165) is 0 Å². The average molecular weight is 320 g/mol. The predicted octanol–water partition coefficient (Wildman–Crippen LogP) is -0.235. The lowest BCUT2D eigenvalue weighted by atomic mass is 10.2. The van der Waals surface area contributed by atoms with Gasteiger partial charge in [-0.3, -0.25) is 14.3 Å². The van der Waals surface area contributed by atoms with Crippen molar-refractivity contribution >= 4 is 18.5 Å². The summed E-state index contributed by atoms with van der Waals surface area (Å²) in [6.45, 7) is -1.46. The molecule has 0 aromatic carbocycles. The highest BCUT2D eigenvalue weighted by atomic mass is 32.5. The summed E-state index contributed by atoms with van der Waals surface area (Å²) < 4.78 is 17.3. The zero-order valence-corrected chi connectivity index (χ0v) is 12.2. The van der Waals surface area contributed by atoms with Crippen LogP contribution >= 0.6 is 6.72 Å². The van der Waals surface area contributed by atoms with E-state index in [1.807, 2.05) is 0 Å². The minimum atomic E-state index is -3.20. The third kappa shape index (κ3) is 2.52. The average Bonchev–Trinajstić information content (AvgIpc) is 2.74. The Kier molecular flexibility index (Phi) is 3.44. The van der Waals surface area contributed by atoms with Crippen molar-refractivity contribution in [3.63, 3.8) is 0 Å². The predicted molar refractivity (Wildman–Crippen MR) is 71.9 cm³/mol. The van der Waals surface area contributed by atoms with Crippen LogP contribution < -0.4 is 11.2 Å². The SMILES string of the molecule is Cc1cn(C2CC3OP(O)(=S)OCC3O2)c(=O)[nH]c1=O. The van der Waals surface area contributed by atoms with Gasteiger partial charge in [0.1, 0.15) is 12.3 Å². The van der Waals surface area contributed by atoms with E-state index in [2.05, 4.69) is 4.98 Å². The second-order valence-corrected chi connectivity index (χ2v) is 7.54. The fraction of sp³-hybridized carbons (Fsp3) is 0.600. The summed E-state index contributed by atoms with van der Waals surface area (Å²) in [5.41, 5.74) is -0.562. The Hall–Kier alpha value is -0.830. The van der Waals surface area contributed by atoms with E-state index in [-0.39, 0.29) is 12.7 Å². The smallest absolute Gasteiger partial charge is 0.330 e. The van der Waals surface area contributed by atoms with E-state index < -0.39 is 30.3 Å². The van der Waals surface area contributed by atoms with Crippen LogP contribution in [0, 0.1) is 6.92 Å². The monoisotopic (exact) mass is 320 g/mol. The number of aromatic amines is 1. The second-order valence-electron chi connectivity index (χ2n) is 4.75. The largest absolute Gasteiger partial charge is 0.349 e. The van der Waals surface area contributed by atoms with Crippen molar-refractivity contribution in [2.45, 2.75) is 31.8 Å². The van der Waals surface area contributed by atoms with Crippen LogP contribution in [-0.2, 0) is 25.6 Å². The van der Waals surface area contributed by atoms with E-state index in [1.54, 1.807) is 6.92 Å². The molecule has 8 nitrogen and oxygen atoms in total. The first kappa shape index (κ1) is 14.1. The fourth-order valence-corrected chi connectivity index (χ4v) is 3.78. The summed E-state index contributed by atoms with van der Waals surface area (Å²) in [4.78, 5) is 35.0. The van der Waals surface area contributed by atoms with Crippen LogP contribution in [-0.4, -0.2) is 33.3 Å². The number of ether oxygens (including phenoxy) is 1. The fourth-order valence-electron chi connectivity index (χ4n) is 2.30. The van der Waals surface area contributed by atoms with Crippen LogP contribution in [0.15, 0.2) is 15.8 Å². The zero-order chi connectivity index (χ0) is 14.5. The molecule has 10 heteroatoms. The number of H-pyrrole nitrogens is 1. The van der Waals surface area contributed by atoms with Crippen LogP contribution in [0.4, 0.5) is 0 Å². The third-order valence-corrected chi connectivity index (χ3v) is 4.89. The third-order valence-electron chi connectivity index (χ3n) is 3.31. The van der Waals surface area contributed by atoms with Gasteiger partial charge in [-0.15, -0.1) is 0 Å². The molecule has 2 saturated heterocycles. The highest BCUT2D eigenvalue weighted by Gasteiger charge is 2.44. The van der Waals surface area contributed by atoms with E-state index in [4.69, 9.17) is 25.6 Å². The van der Waals surface area contributed by atoms with Gasteiger partial charge in [-0.25, -0.2) is 4.79 Å². The molecule has 1 aromatic heterocycles. The molecule has 2 aliphatic rings. The normalized spacial score (nSPS) is 36.8. The van der Waals surface area contributed by atoms with Gasteiger partial charge in [0.2, 0.25) is 0 Å². The van der Waals surface area contributed by atoms with Crippen LogP contribution in [0.2, 0.25) is 0 Å². The Morgan fingerprint density at radius 1 is 1.50 bits per heavy atom. The van der Waals surface area contributed by atoms with Crippen molar-refractivity contribution in [3.8, 4) is 0 Å². The van der Waals surface area contributed by atoms with Crippen LogP contribution in [0.1, 0.15) is 18.2 Å². The molecule has 0 amide bonds. The zero-order valence-electron chi connectivity index (χ0n) is 10.5. The second kappa shape index (κ2) is 4.87. The Morgan fingerprint density at radius 3 is 3.00 bits per heavy atom. The van der Waals surface area contributed by atoms with E-state index in [0.29, 0.717) is 12.0 Å². The van der Waals surface area contributed by atoms with Crippen LogP contribution in [0.5, 0.6) is 0 Å². The molecule has 0 saturated carbocycles. The van der Waals surface area contributed by atoms with Crippen LogP contribution in [0.3, 0.4) is 0 Å². The Labute approximate surface area is 118 Å². The summed E-state index contributed by atoms with van der Waals surface area (Å²) in [6, 6.07) is 0.